The minimum Gasteiger partial charge on any atom is -0.496 e. The highest BCUT2D eigenvalue weighted by Crippen LogP contribution is 2.26. The average molecular weight is 249 g/mol. The van der Waals surface area contributed by atoms with Crippen LogP contribution in [0.4, 0.5) is 0 Å². The summed E-state index contributed by atoms with van der Waals surface area (Å²) in [6.45, 7) is 5.64. The van der Waals surface area contributed by atoms with Gasteiger partial charge in [-0.1, -0.05) is 26.0 Å². The van der Waals surface area contributed by atoms with Crippen molar-refractivity contribution in [3.05, 3.63) is 29.3 Å². The van der Waals surface area contributed by atoms with E-state index in [4.69, 9.17) is 4.74 Å². The summed E-state index contributed by atoms with van der Waals surface area (Å²) in [5.74, 6) is 1.66. The standard InChI is InChI=1S/C16H27NO/c1-6-13(2)14-9-10-16(18-5)15(12-14)8-7-11-17(3)4/h9-10,12-13H,6-8,11H2,1-5H3. The van der Waals surface area contributed by atoms with E-state index in [0.717, 1.165) is 18.7 Å². The predicted molar refractivity (Wildman–Crippen MR) is 78.6 cm³/mol. The smallest absolute Gasteiger partial charge is 0.122 e. The lowest BCUT2D eigenvalue weighted by Crippen LogP contribution is -2.13. The van der Waals surface area contributed by atoms with Crippen molar-refractivity contribution in [1.29, 1.82) is 0 Å². The normalized spacial score (nSPS) is 12.8. The Labute approximate surface area is 112 Å². The minimum atomic E-state index is 0.628. The van der Waals surface area contributed by atoms with Crippen LogP contribution >= 0.6 is 0 Å². The van der Waals surface area contributed by atoms with E-state index in [1.807, 2.05) is 0 Å². The molecule has 1 unspecified atom stereocenters. The van der Waals surface area contributed by atoms with Gasteiger partial charge in [0.15, 0.2) is 0 Å². The molecule has 0 heterocycles. The maximum absolute atomic E-state index is 5.46. The van der Waals surface area contributed by atoms with E-state index in [2.05, 4.69) is 51.0 Å². The molecule has 0 aromatic heterocycles. The van der Waals surface area contributed by atoms with E-state index in [1.54, 1.807) is 7.11 Å². The van der Waals surface area contributed by atoms with Gasteiger partial charge < -0.3 is 9.64 Å². The Kier molecular flexibility index (Phi) is 6.20. The van der Waals surface area contributed by atoms with Crippen LogP contribution < -0.4 is 4.74 Å². The van der Waals surface area contributed by atoms with Gasteiger partial charge in [0.2, 0.25) is 0 Å². The van der Waals surface area contributed by atoms with Crippen molar-refractivity contribution in [3.63, 3.8) is 0 Å². The lowest BCUT2D eigenvalue weighted by Gasteiger charge is -2.15. The minimum absolute atomic E-state index is 0.628. The van der Waals surface area contributed by atoms with Crippen LogP contribution in [0.5, 0.6) is 5.75 Å². The van der Waals surface area contributed by atoms with Gasteiger partial charge in [-0.05, 0) is 63.0 Å². The molecule has 0 aliphatic carbocycles. The molecule has 1 aromatic rings. The Morgan fingerprint density at radius 2 is 2.00 bits per heavy atom. The van der Waals surface area contributed by atoms with Crippen molar-refractivity contribution in [2.75, 3.05) is 27.7 Å². The fraction of sp³-hybridized carbons (Fsp3) is 0.625. The predicted octanol–water partition coefficient (Wildman–Crippen LogP) is 3.70. The molecule has 0 radical (unpaired) electrons. The fourth-order valence-electron chi connectivity index (χ4n) is 2.12. The van der Waals surface area contributed by atoms with Gasteiger partial charge in [-0.3, -0.25) is 0 Å². The molecule has 0 aliphatic rings. The van der Waals surface area contributed by atoms with Crippen molar-refractivity contribution in [1.82, 2.24) is 4.90 Å². The molecular weight excluding hydrogens is 222 g/mol. The zero-order chi connectivity index (χ0) is 13.5. The van der Waals surface area contributed by atoms with E-state index < -0.39 is 0 Å². The van der Waals surface area contributed by atoms with Gasteiger partial charge >= 0.3 is 0 Å². The number of nitrogens with zero attached hydrogens (tertiary/aromatic N) is 1. The molecule has 0 saturated carbocycles. The van der Waals surface area contributed by atoms with E-state index >= 15 is 0 Å². The van der Waals surface area contributed by atoms with Crippen molar-refractivity contribution in [2.24, 2.45) is 0 Å². The van der Waals surface area contributed by atoms with E-state index in [9.17, 15) is 0 Å². The van der Waals surface area contributed by atoms with Gasteiger partial charge in [0, 0.05) is 0 Å². The summed E-state index contributed by atoms with van der Waals surface area (Å²) in [5, 5.41) is 0. The van der Waals surface area contributed by atoms with Gasteiger partial charge in [0.25, 0.3) is 0 Å². The lowest BCUT2D eigenvalue weighted by atomic mass is 9.95. The molecule has 0 N–H and O–H groups in total. The maximum Gasteiger partial charge on any atom is 0.122 e. The number of methoxy groups -OCH3 is 1. The highest BCUT2D eigenvalue weighted by molar-refractivity contribution is 5.38. The van der Waals surface area contributed by atoms with E-state index in [0.29, 0.717) is 5.92 Å². The number of hydrogen-bond donors (Lipinski definition) is 0. The molecule has 0 amide bonds. The van der Waals surface area contributed by atoms with Crippen LogP contribution in [0.1, 0.15) is 43.7 Å². The van der Waals surface area contributed by atoms with Crippen molar-refractivity contribution < 1.29 is 4.74 Å². The number of aryl methyl sites for hydroxylation is 1. The number of ether oxygens (including phenoxy) is 1. The Bertz CT molecular complexity index is 360. The Hall–Kier alpha value is -1.02. The molecular formula is C16H27NO. The van der Waals surface area contributed by atoms with Crippen molar-refractivity contribution in [2.45, 2.75) is 39.0 Å². The van der Waals surface area contributed by atoms with Crippen LogP contribution in [0, 0.1) is 0 Å². The quantitative estimate of drug-likeness (QED) is 0.730. The van der Waals surface area contributed by atoms with Crippen LogP contribution in [0.15, 0.2) is 18.2 Å². The van der Waals surface area contributed by atoms with E-state index in [1.165, 1.54) is 24.0 Å². The molecule has 18 heavy (non-hydrogen) atoms. The third-order valence-electron chi connectivity index (χ3n) is 3.54. The molecule has 1 rings (SSSR count). The third kappa shape index (κ3) is 4.34. The SMILES string of the molecule is CCC(C)c1ccc(OC)c(CCCN(C)C)c1. The number of hydrogen-bond acceptors (Lipinski definition) is 2. The summed E-state index contributed by atoms with van der Waals surface area (Å²) in [5.41, 5.74) is 2.77. The first kappa shape index (κ1) is 15.0. The highest BCUT2D eigenvalue weighted by atomic mass is 16.5. The summed E-state index contributed by atoms with van der Waals surface area (Å²) in [4.78, 5) is 2.23. The Morgan fingerprint density at radius 3 is 2.56 bits per heavy atom. The molecule has 102 valence electrons. The fourth-order valence-corrected chi connectivity index (χ4v) is 2.12. The van der Waals surface area contributed by atoms with Gasteiger partial charge in [-0.15, -0.1) is 0 Å². The van der Waals surface area contributed by atoms with Crippen LogP contribution in [-0.4, -0.2) is 32.6 Å². The third-order valence-corrected chi connectivity index (χ3v) is 3.54. The zero-order valence-electron chi connectivity index (χ0n) is 12.5. The zero-order valence-corrected chi connectivity index (χ0v) is 12.5. The van der Waals surface area contributed by atoms with Crippen LogP contribution in [0.25, 0.3) is 0 Å². The molecule has 1 aromatic carbocycles. The second kappa shape index (κ2) is 7.42. The van der Waals surface area contributed by atoms with Gasteiger partial charge in [-0.2, -0.15) is 0 Å². The molecule has 2 heteroatoms. The monoisotopic (exact) mass is 249 g/mol. The first-order valence-electron chi connectivity index (χ1n) is 6.90. The molecule has 1 atom stereocenters. The van der Waals surface area contributed by atoms with Crippen LogP contribution in [0.3, 0.4) is 0 Å². The number of rotatable bonds is 7. The first-order valence-corrected chi connectivity index (χ1v) is 6.90. The summed E-state index contributed by atoms with van der Waals surface area (Å²) < 4.78 is 5.46. The largest absolute Gasteiger partial charge is 0.496 e. The first-order chi connectivity index (χ1) is 8.58. The maximum atomic E-state index is 5.46. The van der Waals surface area contributed by atoms with Gasteiger partial charge in [0.1, 0.15) is 5.75 Å². The summed E-state index contributed by atoms with van der Waals surface area (Å²) in [6.07, 6.45) is 3.45. The summed E-state index contributed by atoms with van der Waals surface area (Å²) in [6, 6.07) is 6.64. The molecule has 0 aliphatic heterocycles. The average Bonchev–Trinajstić information content (AvgIpc) is 2.37. The molecule has 0 saturated heterocycles. The molecule has 0 spiro atoms. The summed E-state index contributed by atoms with van der Waals surface area (Å²) in [7, 11) is 5.99. The van der Waals surface area contributed by atoms with Gasteiger partial charge in [0.05, 0.1) is 7.11 Å². The van der Waals surface area contributed by atoms with Crippen LogP contribution in [-0.2, 0) is 6.42 Å². The molecule has 0 bridgehead atoms. The second-order valence-electron chi connectivity index (χ2n) is 5.29. The van der Waals surface area contributed by atoms with E-state index in [-0.39, 0.29) is 0 Å². The second-order valence-corrected chi connectivity index (χ2v) is 5.29. The topological polar surface area (TPSA) is 12.5 Å². The number of benzene rings is 1. The Morgan fingerprint density at radius 1 is 1.28 bits per heavy atom. The van der Waals surface area contributed by atoms with Gasteiger partial charge in [-0.25, -0.2) is 0 Å². The Balaban J connectivity index is 2.78. The molecule has 2 nitrogen and oxygen atoms in total. The summed E-state index contributed by atoms with van der Waals surface area (Å²) >= 11 is 0. The lowest BCUT2D eigenvalue weighted by molar-refractivity contribution is 0.391. The van der Waals surface area contributed by atoms with Crippen molar-refractivity contribution in [3.8, 4) is 5.75 Å². The molecule has 0 fully saturated rings. The van der Waals surface area contributed by atoms with Crippen LogP contribution in [0.2, 0.25) is 0 Å². The highest BCUT2D eigenvalue weighted by Gasteiger charge is 2.08. The van der Waals surface area contributed by atoms with Crippen molar-refractivity contribution >= 4 is 0 Å².